The lowest BCUT2D eigenvalue weighted by Gasteiger charge is -2.01. The number of nitriles is 1. The summed E-state index contributed by atoms with van der Waals surface area (Å²) >= 11 is 0. The molecule has 80 valence electrons. The molecule has 16 heavy (non-hydrogen) atoms. The van der Waals surface area contributed by atoms with Gasteiger partial charge in [-0.1, -0.05) is 12.1 Å². The van der Waals surface area contributed by atoms with Gasteiger partial charge in [0, 0.05) is 17.5 Å². The number of benzene rings is 1. The molecule has 1 aromatic carbocycles. The van der Waals surface area contributed by atoms with Gasteiger partial charge >= 0.3 is 0 Å². The molecule has 0 spiro atoms. The van der Waals surface area contributed by atoms with Crippen molar-refractivity contribution in [1.29, 1.82) is 5.26 Å². The number of methoxy groups -OCH3 is 1. The summed E-state index contributed by atoms with van der Waals surface area (Å²) in [5, 5.41) is 8.56. The number of nitrogens with zero attached hydrogens (tertiary/aromatic N) is 2. The molecule has 0 saturated heterocycles. The third-order valence-corrected chi connectivity index (χ3v) is 2.24. The highest BCUT2D eigenvalue weighted by molar-refractivity contribution is 5.57. The summed E-state index contributed by atoms with van der Waals surface area (Å²) in [5.74, 6) is 1.54. The van der Waals surface area contributed by atoms with E-state index >= 15 is 0 Å². The van der Waals surface area contributed by atoms with Crippen molar-refractivity contribution in [1.82, 2.24) is 9.97 Å². The van der Waals surface area contributed by atoms with E-state index < -0.39 is 0 Å². The maximum atomic E-state index is 8.56. The Balaban J connectivity index is 2.31. The standard InChI is InChI=1S/C12H11N3O/c1-16-11-4-2-3-9(7-11)12-14-8-10(15-12)5-6-13/h2-4,7-8H,5H2,1H3,(H,14,15). The highest BCUT2D eigenvalue weighted by Crippen LogP contribution is 2.21. The van der Waals surface area contributed by atoms with Crippen molar-refractivity contribution in [2.75, 3.05) is 7.11 Å². The van der Waals surface area contributed by atoms with Crippen LogP contribution < -0.4 is 4.74 Å². The molecule has 0 aliphatic carbocycles. The van der Waals surface area contributed by atoms with Crippen LogP contribution in [0.2, 0.25) is 0 Å². The molecule has 4 nitrogen and oxygen atoms in total. The minimum atomic E-state index is 0.344. The minimum absolute atomic E-state index is 0.344. The van der Waals surface area contributed by atoms with Gasteiger partial charge < -0.3 is 9.72 Å². The smallest absolute Gasteiger partial charge is 0.137 e. The molecular weight excluding hydrogens is 202 g/mol. The van der Waals surface area contributed by atoms with Gasteiger partial charge in [0.1, 0.15) is 11.6 Å². The third kappa shape index (κ3) is 2.04. The van der Waals surface area contributed by atoms with Gasteiger partial charge in [0.15, 0.2) is 0 Å². The SMILES string of the molecule is COc1cccc(-c2ncc(CC#N)[nH]2)c1. The summed E-state index contributed by atoms with van der Waals surface area (Å²) in [7, 11) is 1.63. The summed E-state index contributed by atoms with van der Waals surface area (Å²) in [6.07, 6.45) is 2.02. The zero-order valence-corrected chi connectivity index (χ0v) is 8.90. The summed E-state index contributed by atoms with van der Waals surface area (Å²) in [6, 6.07) is 9.70. The lowest BCUT2D eigenvalue weighted by molar-refractivity contribution is 0.415. The van der Waals surface area contributed by atoms with Crippen LogP contribution >= 0.6 is 0 Å². The fourth-order valence-electron chi connectivity index (χ4n) is 1.45. The molecule has 0 saturated carbocycles. The largest absolute Gasteiger partial charge is 0.497 e. The van der Waals surface area contributed by atoms with Gasteiger partial charge in [0.2, 0.25) is 0 Å². The first kappa shape index (κ1) is 10.2. The topological polar surface area (TPSA) is 61.7 Å². The van der Waals surface area contributed by atoms with Crippen molar-refractivity contribution < 1.29 is 4.74 Å². The zero-order valence-electron chi connectivity index (χ0n) is 8.90. The van der Waals surface area contributed by atoms with Crippen molar-refractivity contribution in [2.45, 2.75) is 6.42 Å². The van der Waals surface area contributed by atoms with E-state index in [0.29, 0.717) is 6.42 Å². The van der Waals surface area contributed by atoms with Crippen LogP contribution in [-0.4, -0.2) is 17.1 Å². The third-order valence-electron chi connectivity index (χ3n) is 2.24. The van der Waals surface area contributed by atoms with Gasteiger partial charge in [0.25, 0.3) is 0 Å². The van der Waals surface area contributed by atoms with E-state index in [4.69, 9.17) is 10.00 Å². The molecule has 1 aromatic heterocycles. The van der Waals surface area contributed by atoms with Crippen molar-refractivity contribution in [3.8, 4) is 23.2 Å². The van der Waals surface area contributed by atoms with E-state index in [0.717, 1.165) is 22.8 Å². The Kier molecular flexibility index (Phi) is 2.88. The number of rotatable bonds is 3. The van der Waals surface area contributed by atoms with Gasteiger partial charge in [-0.25, -0.2) is 4.98 Å². The Morgan fingerprint density at radius 3 is 3.12 bits per heavy atom. The van der Waals surface area contributed by atoms with Gasteiger partial charge in [-0.3, -0.25) is 0 Å². The summed E-state index contributed by atoms with van der Waals surface area (Å²) in [5.41, 5.74) is 1.77. The number of imidazole rings is 1. The number of ether oxygens (including phenoxy) is 1. The Labute approximate surface area is 93.5 Å². The molecule has 2 aromatic rings. The first-order chi connectivity index (χ1) is 7.83. The normalized spacial score (nSPS) is 9.75. The average molecular weight is 213 g/mol. The number of hydrogen-bond donors (Lipinski definition) is 1. The Hall–Kier alpha value is -2.28. The first-order valence-electron chi connectivity index (χ1n) is 4.88. The molecule has 0 bridgehead atoms. The van der Waals surface area contributed by atoms with E-state index in [1.54, 1.807) is 13.3 Å². The van der Waals surface area contributed by atoms with Crippen LogP contribution in [-0.2, 0) is 6.42 Å². The second kappa shape index (κ2) is 4.49. The molecule has 1 N–H and O–H groups in total. The zero-order chi connectivity index (χ0) is 11.4. The Bertz CT molecular complexity index is 525. The number of aromatic amines is 1. The van der Waals surface area contributed by atoms with Crippen molar-refractivity contribution in [2.24, 2.45) is 0 Å². The van der Waals surface area contributed by atoms with E-state index in [-0.39, 0.29) is 0 Å². The molecule has 0 unspecified atom stereocenters. The number of H-pyrrole nitrogens is 1. The fraction of sp³-hybridized carbons (Fsp3) is 0.167. The quantitative estimate of drug-likeness (QED) is 0.849. The summed E-state index contributed by atoms with van der Waals surface area (Å²) < 4.78 is 5.14. The van der Waals surface area contributed by atoms with Crippen LogP contribution in [0.25, 0.3) is 11.4 Å². The predicted octanol–water partition coefficient (Wildman–Crippen LogP) is 2.15. The van der Waals surface area contributed by atoms with Crippen LogP contribution in [0.4, 0.5) is 0 Å². The predicted molar refractivity (Wildman–Crippen MR) is 59.9 cm³/mol. The Morgan fingerprint density at radius 1 is 1.50 bits per heavy atom. The van der Waals surface area contributed by atoms with Gasteiger partial charge in [0.05, 0.1) is 19.6 Å². The summed E-state index contributed by atoms with van der Waals surface area (Å²) in [6.45, 7) is 0. The van der Waals surface area contributed by atoms with E-state index in [1.807, 2.05) is 24.3 Å². The average Bonchev–Trinajstić information content (AvgIpc) is 2.78. The maximum absolute atomic E-state index is 8.56. The Morgan fingerprint density at radius 2 is 2.38 bits per heavy atom. The fourth-order valence-corrected chi connectivity index (χ4v) is 1.45. The van der Waals surface area contributed by atoms with Crippen molar-refractivity contribution in [3.63, 3.8) is 0 Å². The second-order valence-electron chi connectivity index (χ2n) is 3.32. The number of hydrogen-bond acceptors (Lipinski definition) is 3. The van der Waals surface area contributed by atoms with Gasteiger partial charge in [-0.2, -0.15) is 5.26 Å². The molecule has 0 fully saturated rings. The van der Waals surface area contributed by atoms with E-state index in [2.05, 4.69) is 16.0 Å². The lowest BCUT2D eigenvalue weighted by atomic mass is 10.2. The van der Waals surface area contributed by atoms with Crippen LogP contribution in [0.1, 0.15) is 5.69 Å². The molecule has 4 heteroatoms. The highest BCUT2D eigenvalue weighted by atomic mass is 16.5. The monoisotopic (exact) mass is 213 g/mol. The van der Waals surface area contributed by atoms with Crippen molar-refractivity contribution >= 4 is 0 Å². The van der Waals surface area contributed by atoms with Gasteiger partial charge in [-0.15, -0.1) is 0 Å². The van der Waals surface area contributed by atoms with Crippen LogP contribution in [0, 0.1) is 11.3 Å². The molecule has 0 aliphatic heterocycles. The first-order valence-corrected chi connectivity index (χ1v) is 4.88. The number of aromatic nitrogens is 2. The minimum Gasteiger partial charge on any atom is -0.497 e. The molecule has 0 amide bonds. The maximum Gasteiger partial charge on any atom is 0.137 e. The van der Waals surface area contributed by atoms with E-state index in [1.165, 1.54) is 0 Å². The molecule has 0 radical (unpaired) electrons. The number of nitrogens with one attached hydrogen (secondary N) is 1. The highest BCUT2D eigenvalue weighted by Gasteiger charge is 2.04. The van der Waals surface area contributed by atoms with Crippen LogP contribution in [0.3, 0.4) is 0 Å². The molecule has 0 atom stereocenters. The molecule has 1 heterocycles. The second-order valence-corrected chi connectivity index (χ2v) is 3.32. The van der Waals surface area contributed by atoms with Gasteiger partial charge in [-0.05, 0) is 12.1 Å². The molecule has 0 aliphatic rings. The molecular formula is C12H11N3O. The molecule has 2 rings (SSSR count). The van der Waals surface area contributed by atoms with Crippen LogP contribution in [0.15, 0.2) is 30.5 Å². The van der Waals surface area contributed by atoms with Crippen LogP contribution in [0.5, 0.6) is 5.75 Å². The lowest BCUT2D eigenvalue weighted by Crippen LogP contribution is -1.85. The summed E-state index contributed by atoms with van der Waals surface area (Å²) in [4.78, 5) is 7.31. The van der Waals surface area contributed by atoms with Crippen molar-refractivity contribution in [3.05, 3.63) is 36.2 Å². The van der Waals surface area contributed by atoms with E-state index in [9.17, 15) is 0 Å².